The van der Waals surface area contributed by atoms with Crippen LogP contribution in [0, 0.1) is 0 Å². The highest BCUT2D eigenvalue weighted by atomic mass is 16.3. The van der Waals surface area contributed by atoms with Gasteiger partial charge in [0.25, 0.3) is 0 Å². The lowest BCUT2D eigenvalue weighted by Crippen LogP contribution is -2.00. The summed E-state index contributed by atoms with van der Waals surface area (Å²) in [5.74, 6) is 1.73. The Morgan fingerprint density at radius 1 is 0.302 bits per heavy atom. The molecule has 0 spiro atoms. The van der Waals surface area contributed by atoms with Gasteiger partial charge in [-0.1, -0.05) is 91.0 Å². The van der Waals surface area contributed by atoms with Gasteiger partial charge in [0.2, 0.25) is 0 Å². The number of rotatable bonds is 3. The Morgan fingerprint density at radius 2 is 0.811 bits per heavy atom. The van der Waals surface area contributed by atoms with E-state index in [4.69, 9.17) is 28.2 Å². The lowest BCUT2D eigenvalue weighted by Gasteiger charge is -2.11. The quantitative estimate of drug-likeness (QED) is 0.173. The molecule has 0 aliphatic rings. The number of nitrogens with zero attached hydrogens (tertiary/aromatic N) is 3. The van der Waals surface area contributed by atoms with Crippen LogP contribution in [0.5, 0.6) is 0 Å². The summed E-state index contributed by atoms with van der Waals surface area (Å²) in [6.07, 6.45) is 0. The van der Waals surface area contributed by atoms with Crippen molar-refractivity contribution in [3.8, 4) is 34.2 Å². The number of para-hydroxylation sites is 3. The predicted octanol–water partition coefficient (Wildman–Crippen LogP) is 12.9. The van der Waals surface area contributed by atoms with Crippen LogP contribution in [-0.2, 0) is 0 Å². The molecule has 0 saturated heterocycles. The molecule has 0 N–H and O–H groups in total. The largest absolute Gasteiger partial charge is 0.456 e. The van der Waals surface area contributed by atoms with Crippen molar-refractivity contribution >= 4 is 87.4 Å². The summed E-state index contributed by atoms with van der Waals surface area (Å²) in [6, 6.07) is 51.8. The minimum absolute atomic E-state index is 0.573. The van der Waals surface area contributed by atoms with Crippen molar-refractivity contribution in [2.45, 2.75) is 0 Å². The molecule has 0 radical (unpaired) electrons. The van der Waals surface area contributed by atoms with E-state index in [1.54, 1.807) is 0 Å². The second-order valence-corrected chi connectivity index (χ2v) is 13.6. The molecule has 4 heterocycles. The van der Waals surface area contributed by atoms with E-state index in [0.717, 1.165) is 104 Å². The van der Waals surface area contributed by atoms with Gasteiger partial charge in [-0.05, 0) is 82.2 Å². The van der Waals surface area contributed by atoms with E-state index in [1.165, 1.54) is 0 Å². The third-order valence-electron chi connectivity index (χ3n) is 10.5. The molecule has 6 nitrogen and oxygen atoms in total. The van der Waals surface area contributed by atoms with E-state index in [0.29, 0.717) is 17.5 Å². The van der Waals surface area contributed by atoms with Crippen LogP contribution >= 0.6 is 0 Å². The van der Waals surface area contributed by atoms with E-state index in [2.05, 4.69) is 78.9 Å². The molecule has 6 heteroatoms. The molecule has 4 aromatic heterocycles. The highest BCUT2D eigenvalue weighted by Gasteiger charge is 2.19. The van der Waals surface area contributed by atoms with Crippen molar-refractivity contribution in [3.63, 3.8) is 0 Å². The Balaban J connectivity index is 1.12. The fourth-order valence-electron chi connectivity index (χ4n) is 7.99. The third kappa shape index (κ3) is 4.23. The van der Waals surface area contributed by atoms with Crippen molar-refractivity contribution in [2.24, 2.45) is 0 Å². The van der Waals surface area contributed by atoms with Crippen LogP contribution in [-0.4, -0.2) is 15.0 Å². The van der Waals surface area contributed by atoms with Crippen molar-refractivity contribution in [3.05, 3.63) is 152 Å². The topological polar surface area (TPSA) is 78.1 Å². The van der Waals surface area contributed by atoms with E-state index in [9.17, 15) is 0 Å². The molecule has 0 saturated carbocycles. The van der Waals surface area contributed by atoms with Crippen LogP contribution in [0.25, 0.3) is 122 Å². The highest BCUT2D eigenvalue weighted by molar-refractivity contribution is 6.17. The molecule has 0 bridgehead atoms. The first-order chi connectivity index (χ1) is 26.2. The Bertz CT molecular complexity index is 3480. The number of aromatic nitrogens is 3. The molecule has 12 aromatic rings. The molecular formula is C47H25N3O3. The first kappa shape index (κ1) is 28.4. The number of hydrogen-bond acceptors (Lipinski definition) is 6. The molecular weight excluding hydrogens is 655 g/mol. The summed E-state index contributed by atoms with van der Waals surface area (Å²) < 4.78 is 18.7. The molecule has 0 aliphatic carbocycles. The van der Waals surface area contributed by atoms with Gasteiger partial charge in [0.15, 0.2) is 17.5 Å². The zero-order chi connectivity index (χ0) is 34.6. The highest BCUT2D eigenvalue weighted by Crippen LogP contribution is 2.39. The minimum atomic E-state index is 0.573. The SMILES string of the molecule is c1ccc2c(c1)oc1ccc(-c3nc(-c4ccc5ccc6cc7oc8ccccc8c7cc6c5c4)nc(-c4cccc5oc6ccccc6c45)n3)cc12. The van der Waals surface area contributed by atoms with Crippen molar-refractivity contribution in [2.75, 3.05) is 0 Å². The Morgan fingerprint density at radius 3 is 1.58 bits per heavy atom. The molecule has 8 aromatic carbocycles. The Kier molecular flexibility index (Phi) is 5.68. The fraction of sp³-hybridized carbons (Fsp3) is 0. The van der Waals surface area contributed by atoms with E-state index < -0.39 is 0 Å². The Hall–Kier alpha value is -7.31. The molecule has 0 amide bonds. The molecule has 246 valence electrons. The van der Waals surface area contributed by atoms with Crippen LogP contribution in [0.15, 0.2) is 165 Å². The number of furan rings is 3. The average Bonchev–Trinajstić information content (AvgIpc) is 3.90. The molecule has 0 aliphatic heterocycles. The third-order valence-corrected chi connectivity index (χ3v) is 10.5. The zero-order valence-corrected chi connectivity index (χ0v) is 28.0. The van der Waals surface area contributed by atoms with Crippen molar-refractivity contribution < 1.29 is 13.3 Å². The Labute approximate surface area is 300 Å². The summed E-state index contributed by atoms with van der Waals surface area (Å²) in [7, 11) is 0. The summed E-state index contributed by atoms with van der Waals surface area (Å²) in [4.78, 5) is 15.6. The van der Waals surface area contributed by atoms with Gasteiger partial charge in [-0.3, -0.25) is 0 Å². The van der Waals surface area contributed by atoms with Crippen LogP contribution in [0.1, 0.15) is 0 Å². The van der Waals surface area contributed by atoms with Gasteiger partial charge < -0.3 is 13.3 Å². The summed E-state index contributed by atoms with van der Waals surface area (Å²) in [5.41, 5.74) is 7.69. The second-order valence-electron chi connectivity index (χ2n) is 13.6. The molecule has 0 atom stereocenters. The summed E-state index contributed by atoms with van der Waals surface area (Å²) >= 11 is 0. The van der Waals surface area contributed by atoms with Gasteiger partial charge in [-0.2, -0.15) is 0 Å². The summed E-state index contributed by atoms with van der Waals surface area (Å²) in [5, 5.41) is 10.8. The maximum Gasteiger partial charge on any atom is 0.164 e. The lowest BCUT2D eigenvalue weighted by molar-refractivity contribution is 0.668. The monoisotopic (exact) mass is 679 g/mol. The molecule has 53 heavy (non-hydrogen) atoms. The maximum absolute atomic E-state index is 6.28. The van der Waals surface area contributed by atoms with Crippen molar-refractivity contribution in [1.29, 1.82) is 0 Å². The van der Waals surface area contributed by atoms with Crippen LogP contribution in [0.3, 0.4) is 0 Å². The molecule has 0 unspecified atom stereocenters. The van der Waals surface area contributed by atoms with Crippen LogP contribution in [0.2, 0.25) is 0 Å². The van der Waals surface area contributed by atoms with E-state index in [-0.39, 0.29) is 0 Å². The number of fused-ring (bicyclic) bond motifs is 12. The fourth-order valence-corrected chi connectivity index (χ4v) is 7.99. The average molecular weight is 680 g/mol. The van der Waals surface area contributed by atoms with E-state index in [1.807, 2.05) is 72.8 Å². The first-order valence-electron chi connectivity index (χ1n) is 17.6. The van der Waals surface area contributed by atoms with Crippen LogP contribution in [0.4, 0.5) is 0 Å². The second kappa shape index (κ2) is 10.6. The number of hydrogen-bond donors (Lipinski definition) is 0. The smallest absolute Gasteiger partial charge is 0.164 e. The van der Waals surface area contributed by atoms with Crippen molar-refractivity contribution in [1.82, 2.24) is 15.0 Å². The van der Waals surface area contributed by atoms with Gasteiger partial charge >= 0.3 is 0 Å². The predicted molar refractivity (Wildman–Crippen MR) is 213 cm³/mol. The minimum Gasteiger partial charge on any atom is -0.456 e. The normalized spacial score (nSPS) is 12.2. The van der Waals surface area contributed by atoms with Gasteiger partial charge in [0, 0.05) is 49.0 Å². The zero-order valence-electron chi connectivity index (χ0n) is 28.0. The lowest BCUT2D eigenvalue weighted by atomic mass is 9.98. The first-order valence-corrected chi connectivity index (χ1v) is 17.6. The number of benzene rings is 8. The van der Waals surface area contributed by atoms with Gasteiger partial charge in [0.05, 0.1) is 0 Å². The van der Waals surface area contributed by atoms with Gasteiger partial charge in [0.1, 0.15) is 33.5 Å². The van der Waals surface area contributed by atoms with Crippen LogP contribution < -0.4 is 0 Å². The van der Waals surface area contributed by atoms with Gasteiger partial charge in [-0.25, -0.2) is 15.0 Å². The standard InChI is InChI=1S/C47H25N3O3/c1-4-12-38-30(8-1)36-23-29(20-21-41(36)51-38)46-48-45(49-47(50-46)33-11-7-15-42-44(33)32-10-3-6-14-40(32)52-42)28-19-17-26-16-18-27-24-43-37(25-35(27)34(26)22-28)31-9-2-5-13-39(31)53-43/h1-25H. The molecule has 0 fully saturated rings. The maximum atomic E-state index is 6.28. The molecule has 12 rings (SSSR count). The van der Waals surface area contributed by atoms with E-state index >= 15 is 0 Å². The summed E-state index contributed by atoms with van der Waals surface area (Å²) in [6.45, 7) is 0. The van der Waals surface area contributed by atoms with Gasteiger partial charge in [-0.15, -0.1) is 0 Å².